The highest BCUT2D eigenvalue weighted by Crippen LogP contribution is 2.32. The Bertz CT molecular complexity index is 1000. The molecule has 0 saturated carbocycles. The summed E-state index contributed by atoms with van der Waals surface area (Å²) in [6.07, 6.45) is 2.55. The quantitative estimate of drug-likeness (QED) is 0.655. The minimum atomic E-state index is -0.791. The number of benzene rings is 2. The van der Waals surface area contributed by atoms with E-state index in [1.54, 1.807) is 30.3 Å². The summed E-state index contributed by atoms with van der Waals surface area (Å²) in [6, 6.07) is 17.1. The number of anilines is 1. The first-order chi connectivity index (χ1) is 14.7. The number of rotatable bonds is 6. The zero-order chi connectivity index (χ0) is 20.8. The molecule has 2 aromatic carbocycles. The monoisotopic (exact) mass is 406 g/mol. The average Bonchev–Trinajstić information content (AvgIpc) is 3.20. The number of hydrogen-bond donors (Lipinski definition) is 2. The molecule has 1 aliphatic rings. The molecule has 0 radical (unpaired) electrons. The van der Waals surface area contributed by atoms with Gasteiger partial charge in [-0.2, -0.15) is 0 Å². The van der Waals surface area contributed by atoms with Crippen LogP contribution in [-0.4, -0.2) is 31.1 Å². The van der Waals surface area contributed by atoms with Crippen molar-refractivity contribution in [1.29, 1.82) is 0 Å². The number of ether oxygens (including phenoxy) is 2. The van der Waals surface area contributed by atoms with Gasteiger partial charge in [0, 0.05) is 24.6 Å². The van der Waals surface area contributed by atoms with Gasteiger partial charge >= 0.3 is 0 Å². The van der Waals surface area contributed by atoms with Gasteiger partial charge in [-0.1, -0.05) is 30.3 Å². The SMILES string of the molecule is O=C(N[C@H](Cc1ccccc1)C(=O)Nc1ccc2c(c1)OCCCO2)c1ccco1. The molecule has 154 valence electrons. The van der Waals surface area contributed by atoms with Crippen LogP contribution in [0.25, 0.3) is 0 Å². The third-order valence-corrected chi connectivity index (χ3v) is 4.66. The summed E-state index contributed by atoms with van der Waals surface area (Å²) < 4.78 is 16.4. The van der Waals surface area contributed by atoms with Gasteiger partial charge in [-0.3, -0.25) is 9.59 Å². The molecule has 0 spiro atoms. The van der Waals surface area contributed by atoms with Crippen molar-refractivity contribution in [1.82, 2.24) is 5.32 Å². The first-order valence-electron chi connectivity index (χ1n) is 9.78. The van der Waals surface area contributed by atoms with Crippen LogP contribution in [0.4, 0.5) is 5.69 Å². The molecule has 2 heterocycles. The van der Waals surface area contributed by atoms with E-state index >= 15 is 0 Å². The molecule has 0 unspecified atom stereocenters. The number of furan rings is 1. The van der Waals surface area contributed by atoms with E-state index < -0.39 is 11.9 Å². The summed E-state index contributed by atoms with van der Waals surface area (Å²) in [5.41, 5.74) is 1.49. The van der Waals surface area contributed by atoms with E-state index in [0.29, 0.717) is 36.8 Å². The summed E-state index contributed by atoms with van der Waals surface area (Å²) in [6.45, 7) is 1.15. The Morgan fingerprint density at radius 2 is 1.73 bits per heavy atom. The molecular formula is C23H22N2O5. The van der Waals surface area contributed by atoms with Gasteiger partial charge in [-0.15, -0.1) is 0 Å². The maximum atomic E-state index is 13.0. The van der Waals surface area contributed by atoms with Gasteiger partial charge in [0.05, 0.1) is 19.5 Å². The normalized spacial score (nSPS) is 13.7. The predicted octanol–water partition coefficient (Wildman–Crippen LogP) is 3.42. The van der Waals surface area contributed by atoms with E-state index in [1.165, 1.54) is 6.26 Å². The second-order valence-electron chi connectivity index (χ2n) is 6.89. The Labute approximate surface area is 174 Å². The standard InChI is InChI=1S/C23H22N2O5/c26-22(24-17-9-10-19-21(15-17)30-13-5-12-28-19)18(14-16-6-2-1-3-7-16)25-23(27)20-8-4-11-29-20/h1-4,6-11,15,18H,5,12-14H2,(H,24,26)(H,25,27)/t18-/m1/s1. The molecule has 30 heavy (non-hydrogen) atoms. The van der Waals surface area contributed by atoms with Gasteiger partial charge in [0.2, 0.25) is 5.91 Å². The highest BCUT2D eigenvalue weighted by molar-refractivity contribution is 6.00. The van der Waals surface area contributed by atoms with Crippen molar-refractivity contribution in [2.75, 3.05) is 18.5 Å². The van der Waals surface area contributed by atoms with Gasteiger partial charge in [0.1, 0.15) is 6.04 Å². The molecule has 7 nitrogen and oxygen atoms in total. The number of nitrogens with one attached hydrogen (secondary N) is 2. The summed E-state index contributed by atoms with van der Waals surface area (Å²) >= 11 is 0. The second kappa shape index (κ2) is 9.17. The van der Waals surface area contributed by atoms with Gasteiger partial charge in [0.15, 0.2) is 17.3 Å². The molecule has 2 amide bonds. The number of carbonyl (C=O) groups is 2. The van der Waals surface area contributed by atoms with Crippen molar-refractivity contribution in [2.45, 2.75) is 18.9 Å². The first kappa shape index (κ1) is 19.6. The van der Waals surface area contributed by atoms with E-state index in [0.717, 1.165) is 12.0 Å². The highest BCUT2D eigenvalue weighted by atomic mass is 16.5. The molecule has 0 fully saturated rings. The Hall–Kier alpha value is -3.74. The van der Waals surface area contributed by atoms with Crippen LogP contribution >= 0.6 is 0 Å². The average molecular weight is 406 g/mol. The van der Waals surface area contributed by atoms with Crippen LogP contribution in [-0.2, 0) is 11.2 Å². The molecule has 0 bridgehead atoms. The van der Waals surface area contributed by atoms with Crippen LogP contribution in [0.15, 0.2) is 71.3 Å². The molecule has 2 N–H and O–H groups in total. The lowest BCUT2D eigenvalue weighted by Crippen LogP contribution is -2.45. The van der Waals surface area contributed by atoms with Crippen molar-refractivity contribution < 1.29 is 23.5 Å². The molecule has 3 aromatic rings. The molecule has 0 saturated heterocycles. The molecule has 7 heteroatoms. The fraction of sp³-hybridized carbons (Fsp3) is 0.217. The van der Waals surface area contributed by atoms with Crippen LogP contribution < -0.4 is 20.1 Å². The Morgan fingerprint density at radius 3 is 2.50 bits per heavy atom. The van der Waals surface area contributed by atoms with Crippen LogP contribution in [0.1, 0.15) is 22.5 Å². The van der Waals surface area contributed by atoms with Crippen molar-refractivity contribution in [3.63, 3.8) is 0 Å². The molecular weight excluding hydrogens is 384 g/mol. The van der Waals surface area contributed by atoms with Gasteiger partial charge in [-0.05, 0) is 29.8 Å². The molecule has 1 aromatic heterocycles. The van der Waals surface area contributed by atoms with E-state index in [1.807, 2.05) is 30.3 Å². The minimum Gasteiger partial charge on any atom is -0.490 e. The summed E-state index contributed by atoms with van der Waals surface area (Å²) in [4.78, 5) is 25.5. The van der Waals surface area contributed by atoms with E-state index in [2.05, 4.69) is 10.6 Å². The minimum absolute atomic E-state index is 0.149. The third-order valence-electron chi connectivity index (χ3n) is 4.66. The molecule has 4 rings (SSSR count). The van der Waals surface area contributed by atoms with Gasteiger partial charge < -0.3 is 24.5 Å². The predicted molar refractivity (Wildman–Crippen MR) is 111 cm³/mol. The van der Waals surface area contributed by atoms with Crippen LogP contribution in [0.2, 0.25) is 0 Å². The van der Waals surface area contributed by atoms with E-state index in [9.17, 15) is 9.59 Å². The fourth-order valence-corrected chi connectivity index (χ4v) is 3.17. The lowest BCUT2D eigenvalue weighted by atomic mass is 10.0. The Kier molecular flexibility index (Phi) is 5.98. The lowest BCUT2D eigenvalue weighted by Gasteiger charge is -2.19. The number of hydrogen-bond acceptors (Lipinski definition) is 5. The summed E-state index contributed by atoms with van der Waals surface area (Å²) in [7, 11) is 0. The smallest absolute Gasteiger partial charge is 0.287 e. The van der Waals surface area contributed by atoms with Crippen molar-refractivity contribution in [3.8, 4) is 11.5 Å². The van der Waals surface area contributed by atoms with E-state index in [-0.39, 0.29) is 11.7 Å². The van der Waals surface area contributed by atoms with Crippen LogP contribution in [0.5, 0.6) is 11.5 Å². The Balaban J connectivity index is 1.51. The number of carbonyl (C=O) groups excluding carboxylic acids is 2. The van der Waals surface area contributed by atoms with Crippen LogP contribution in [0, 0.1) is 0 Å². The third kappa shape index (κ3) is 4.81. The zero-order valence-corrected chi connectivity index (χ0v) is 16.3. The number of amides is 2. The largest absolute Gasteiger partial charge is 0.490 e. The molecule has 1 atom stereocenters. The summed E-state index contributed by atoms with van der Waals surface area (Å²) in [5, 5.41) is 5.62. The number of fused-ring (bicyclic) bond motifs is 1. The van der Waals surface area contributed by atoms with Crippen molar-refractivity contribution in [2.24, 2.45) is 0 Å². The van der Waals surface area contributed by atoms with Gasteiger partial charge in [-0.25, -0.2) is 0 Å². The van der Waals surface area contributed by atoms with Crippen molar-refractivity contribution in [3.05, 3.63) is 78.3 Å². The van der Waals surface area contributed by atoms with Gasteiger partial charge in [0.25, 0.3) is 5.91 Å². The maximum absolute atomic E-state index is 13.0. The van der Waals surface area contributed by atoms with Crippen LogP contribution in [0.3, 0.4) is 0 Å². The zero-order valence-electron chi connectivity index (χ0n) is 16.3. The molecule has 0 aliphatic carbocycles. The first-order valence-corrected chi connectivity index (χ1v) is 9.78. The summed E-state index contributed by atoms with van der Waals surface area (Å²) in [5.74, 6) is 0.599. The topological polar surface area (TPSA) is 89.8 Å². The van der Waals surface area contributed by atoms with Crippen molar-refractivity contribution >= 4 is 17.5 Å². The van der Waals surface area contributed by atoms with E-state index in [4.69, 9.17) is 13.9 Å². The maximum Gasteiger partial charge on any atom is 0.287 e. The fourth-order valence-electron chi connectivity index (χ4n) is 3.17. The lowest BCUT2D eigenvalue weighted by molar-refractivity contribution is -0.118. The Morgan fingerprint density at radius 1 is 0.933 bits per heavy atom. The molecule has 1 aliphatic heterocycles. The second-order valence-corrected chi connectivity index (χ2v) is 6.89. The highest BCUT2D eigenvalue weighted by Gasteiger charge is 2.24.